The van der Waals surface area contributed by atoms with Crippen molar-refractivity contribution in [3.63, 3.8) is 0 Å². The van der Waals surface area contributed by atoms with E-state index in [1.54, 1.807) is 0 Å². The summed E-state index contributed by atoms with van der Waals surface area (Å²) in [6, 6.07) is 0. The summed E-state index contributed by atoms with van der Waals surface area (Å²) < 4.78 is 34.3. The molecule has 1 aliphatic heterocycles. The summed E-state index contributed by atoms with van der Waals surface area (Å²) in [5.41, 5.74) is -4.13. The first-order valence-corrected chi connectivity index (χ1v) is 6.44. The first kappa shape index (κ1) is 16.5. The van der Waals surface area contributed by atoms with Crippen LogP contribution in [0.5, 0.6) is 0 Å². The van der Waals surface area contributed by atoms with E-state index in [-0.39, 0.29) is 23.9 Å². The van der Waals surface area contributed by atoms with Gasteiger partial charge >= 0.3 is 17.6 Å². The molecular formula is C12H12ClFN2O6. The van der Waals surface area contributed by atoms with E-state index in [1.807, 2.05) is 0 Å². The predicted molar refractivity (Wildman–Crippen MR) is 68.5 cm³/mol. The van der Waals surface area contributed by atoms with Gasteiger partial charge in [0.25, 0.3) is 0 Å². The van der Waals surface area contributed by atoms with Gasteiger partial charge in [-0.3, -0.25) is 0 Å². The molecule has 0 spiro atoms. The van der Waals surface area contributed by atoms with E-state index in [4.69, 9.17) is 21.1 Å². The Bertz CT molecular complexity index is 577. The van der Waals surface area contributed by atoms with Crippen molar-refractivity contribution in [1.82, 2.24) is 9.97 Å². The van der Waals surface area contributed by atoms with Gasteiger partial charge in [-0.15, -0.1) is 0 Å². The molecule has 0 radical (unpaired) electrons. The minimum Gasteiger partial charge on any atom is -0.466 e. The van der Waals surface area contributed by atoms with Gasteiger partial charge in [0.05, 0.1) is 33.0 Å². The van der Waals surface area contributed by atoms with Crippen molar-refractivity contribution in [2.45, 2.75) is 12.0 Å². The Labute approximate surface area is 129 Å². The summed E-state index contributed by atoms with van der Waals surface area (Å²) in [7, 11) is 1.84. The van der Waals surface area contributed by atoms with Crippen LogP contribution < -0.4 is 0 Å². The zero-order chi connectivity index (χ0) is 16.3. The highest BCUT2D eigenvalue weighted by molar-refractivity contribution is 6.30. The van der Waals surface area contributed by atoms with Gasteiger partial charge in [0.1, 0.15) is 17.2 Å². The molecule has 0 bridgehead atoms. The summed E-state index contributed by atoms with van der Waals surface area (Å²) in [6.45, 7) is 0.454. The average Bonchev–Trinajstić information content (AvgIpc) is 3.06. The minimum atomic E-state index is -3.32. The van der Waals surface area contributed by atoms with Gasteiger partial charge in [0.2, 0.25) is 0 Å². The van der Waals surface area contributed by atoms with Crippen molar-refractivity contribution in [1.29, 1.82) is 0 Å². The van der Waals surface area contributed by atoms with E-state index < -0.39 is 29.6 Å². The van der Waals surface area contributed by atoms with Gasteiger partial charge in [-0.1, -0.05) is 11.6 Å². The van der Waals surface area contributed by atoms with Gasteiger partial charge in [0, 0.05) is 0 Å². The second-order valence-electron chi connectivity index (χ2n) is 4.14. The van der Waals surface area contributed by atoms with E-state index >= 15 is 4.39 Å². The van der Waals surface area contributed by atoms with Gasteiger partial charge in [-0.2, -0.15) is 0 Å². The first-order chi connectivity index (χ1) is 10.5. The second-order valence-corrected chi connectivity index (χ2v) is 4.50. The summed E-state index contributed by atoms with van der Waals surface area (Å²) in [4.78, 5) is 31.0. The lowest BCUT2D eigenvalue weighted by molar-refractivity contribution is -0.173. The van der Waals surface area contributed by atoms with Crippen molar-refractivity contribution in [2.24, 2.45) is 0 Å². The monoisotopic (exact) mass is 334 g/mol. The Morgan fingerprint density at radius 1 is 1.27 bits per heavy atom. The second kappa shape index (κ2) is 6.51. The summed E-state index contributed by atoms with van der Waals surface area (Å²) >= 11 is 5.93. The highest BCUT2D eigenvalue weighted by Gasteiger charge is 2.55. The first-order valence-electron chi connectivity index (χ1n) is 6.06. The Balaban J connectivity index is 2.64. The lowest BCUT2D eigenvalue weighted by atomic mass is 9.97. The maximum absolute atomic E-state index is 15.2. The average molecular weight is 335 g/mol. The molecule has 120 valence electrons. The van der Waals surface area contributed by atoms with Crippen LogP contribution in [0.4, 0.5) is 4.39 Å². The van der Waals surface area contributed by atoms with Crippen molar-refractivity contribution in [3.05, 3.63) is 22.7 Å². The molecule has 1 aromatic heterocycles. The molecule has 2 rings (SSSR count). The predicted octanol–water partition coefficient (Wildman–Crippen LogP) is 0.686. The fourth-order valence-electron chi connectivity index (χ4n) is 1.94. The number of carbonyl (C=O) groups excluding carboxylic acids is 2. The lowest BCUT2D eigenvalue weighted by Crippen LogP contribution is -2.43. The largest absolute Gasteiger partial charge is 0.466 e. The van der Waals surface area contributed by atoms with Gasteiger partial charge < -0.3 is 18.9 Å². The molecule has 0 unspecified atom stereocenters. The molecule has 0 amide bonds. The van der Waals surface area contributed by atoms with E-state index in [0.29, 0.717) is 0 Å². The van der Waals surface area contributed by atoms with Crippen LogP contribution in [0.15, 0.2) is 6.33 Å². The van der Waals surface area contributed by atoms with Crippen LogP contribution in [0.3, 0.4) is 0 Å². The summed E-state index contributed by atoms with van der Waals surface area (Å²) in [6.07, 6.45) is -0.204. The van der Waals surface area contributed by atoms with Crippen LogP contribution in [-0.2, 0) is 34.2 Å². The van der Waals surface area contributed by atoms with Crippen molar-refractivity contribution >= 4 is 23.5 Å². The SMILES string of the molecule is COC(=O)C(F)(C(=O)OC)c1ncnc(Cl)c1C1OCCO1. The molecular weight excluding hydrogens is 323 g/mol. The number of alkyl halides is 1. The molecule has 0 aromatic carbocycles. The lowest BCUT2D eigenvalue weighted by Gasteiger charge is -2.23. The number of nitrogens with zero attached hydrogens (tertiary/aromatic N) is 2. The van der Waals surface area contributed by atoms with Crippen LogP contribution in [0.2, 0.25) is 5.15 Å². The maximum Gasteiger partial charge on any atom is 0.362 e. The number of hydrogen-bond acceptors (Lipinski definition) is 8. The highest BCUT2D eigenvalue weighted by atomic mass is 35.5. The van der Waals surface area contributed by atoms with Crippen LogP contribution in [0, 0.1) is 0 Å². The zero-order valence-electron chi connectivity index (χ0n) is 11.7. The Morgan fingerprint density at radius 2 is 1.82 bits per heavy atom. The maximum atomic E-state index is 15.2. The number of rotatable bonds is 4. The number of esters is 2. The van der Waals surface area contributed by atoms with Crippen molar-refractivity contribution < 1.29 is 32.9 Å². The molecule has 2 heterocycles. The zero-order valence-corrected chi connectivity index (χ0v) is 12.4. The third-order valence-corrected chi connectivity index (χ3v) is 3.25. The number of carbonyl (C=O) groups is 2. The van der Waals surface area contributed by atoms with Gasteiger partial charge in [-0.05, 0) is 0 Å². The molecule has 1 aromatic rings. The molecule has 0 atom stereocenters. The van der Waals surface area contributed by atoms with Gasteiger partial charge in [0.15, 0.2) is 6.29 Å². The summed E-state index contributed by atoms with van der Waals surface area (Å²) in [5, 5.41) is -0.216. The number of methoxy groups -OCH3 is 2. The van der Waals surface area contributed by atoms with Crippen LogP contribution >= 0.6 is 11.6 Å². The van der Waals surface area contributed by atoms with E-state index in [1.165, 1.54) is 0 Å². The smallest absolute Gasteiger partial charge is 0.362 e. The van der Waals surface area contributed by atoms with Crippen LogP contribution in [0.25, 0.3) is 0 Å². The molecule has 0 saturated carbocycles. The van der Waals surface area contributed by atoms with E-state index in [0.717, 1.165) is 20.5 Å². The molecule has 10 heteroatoms. The fraction of sp³-hybridized carbons (Fsp3) is 0.500. The molecule has 0 N–H and O–H groups in total. The number of halogens is 2. The third-order valence-electron chi connectivity index (χ3n) is 2.95. The minimum absolute atomic E-state index is 0.167. The van der Waals surface area contributed by atoms with Gasteiger partial charge in [-0.25, -0.2) is 23.9 Å². The molecule has 0 aliphatic carbocycles. The van der Waals surface area contributed by atoms with E-state index in [2.05, 4.69) is 19.4 Å². The standard InChI is InChI=1S/C12H12ClFN2O6/c1-19-10(17)12(14,11(18)20-2)7-6(8(13)16-5-15-7)9-21-3-4-22-9/h5,9H,3-4H2,1-2H3. The number of ether oxygens (including phenoxy) is 4. The fourth-order valence-corrected chi connectivity index (χ4v) is 2.16. The molecule has 1 aliphatic rings. The summed E-state index contributed by atoms with van der Waals surface area (Å²) in [5.74, 6) is -3.01. The Kier molecular flexibility index (Phi) is 4.89. The molecule has 8 nitrogen and oxygen atoms in total. The van der Waals surface area contributed by atoms with Crippen molar-refractivity contribution in [3.8, 4) is 0 Å². The number of aromatic nitrogens is 2. The molecule has 1 saturated heterocycles. The van der Waals surface area contributed by atoms with Crippen LogP contribution in [0.1, 0.15) is 17.5 Å². The van der Waals surface area contributed by atoms with E-state index in [9.17, 15) is 9.59 Å². The molecule has 22 heavy (non-hydrogen) atoms. The normalized spacial score (nSPS) is 15.6. The topological polar surface area (TPSA) is 96.8 Å². The Morgan fingerprint density at radius 3 is 2.32 bits per heavy atom. The Hall–Kier alpha value is -1.84. The number of hydrogen-bond donors (Lipinski definition) is 0. The molecule has 1 fully saturated rings. The quantitative estimate of drug-likeness (QED) is 0.450. The van der Waals surface area contributed by atoms with Crippen LogP contribution in [-0.4, -0.2) is 49.3 Å². The van der Waals surface area contributed by atoms with Crippen molar-refractivity contribution in [2.75, 3.05) is 27.4 Å². The highest BCUT2D eigenvalue weighted by Crippen LogP contribution is 2.38. The third kappa shape index (κ3) is 2.62.